The van der Waals surface area contributed by atoms with Gasteiger partial charge in [-0.2, -0.15) is 0 Å². The summed E-state index contributed by atoms with van der Waals surface area (Å²) in [5.74, 6) is -0.929. The Hall–Kier alpha value is 0.0900. The minimum atomic E-state index is -3.44. The van der Waals surface area contributed by atoms with E-state index in [0.29, 0.717) is 15.7 Å². The largest absolute Gasteiger partial charge is 0.398 e. The zero-order valence-electron chi connectivity index (χ0n) is 10.7. The summed E-state index contributed by atoms with van der Waals surface area (Å²) in [5, 5.41) is 0. The molecule has 1 aromatic carbocycles. The third kappa shape index (κ3) is 4.03. The van der Waals surface area contributed by atoms with Gasteiger partial charge in [-0.3, -0.25) is 4.57 Å². The number of rotatable bonds is 6. The average Bonchev–Trinajstić information content (AvgIpc) is 2.33. The maximum Gasteiger partial charge on any atom is 0.351 e. The van der Waals surface area contributed by atoms with Crippen molar-refractivity contribution in [3.63, 3.8) is 0 Å². The molecular formula is C11H17Br2N2O3P. The van der Waals surface area contributed by atoms with Gasteiger partial charge in [-0.05, 0) is 41.9 Å². The van der Waals surface area contributed by atoms with Crippen LogP contribution in [0.5, 0.6) is 0 Å². The topological polar surface area (TPSA) is 87.6 Å². The molecule has 0 heterocycles. The number of hydrogen-bond acceptors (Lipinski definition) is 5. The van der Waals surface area contributed by atoms with Crippen molar-refractivity contribution in [3.8, 4) is 0 Å². The van der Waals surface area contributed by atoms with E-state index in [1.54, 1.807) is 26.0 Å². The summed E-state index contributed by atoms with van der Waals surface area (Å²) in [7, 11) is -3.44. The number of anilines is 1. The van der Waals surface area contributed by atoms with Crippen molar-refractivity contribution in [1.29, 1.82) is 0 Å². The molecule has 4 N–H and O–H groups in total. The molecule has 0 spiro atoms. The van der Waals surface area contributed by atoms with Crippen molar-refractivity contribution in [2.24, 2.45) is 5.73 Å². The normalized spacial score (nSPS) is 13.5. The molecule has 0 aliphatic rings. The number of halogens is 2. The molecule has 1 rings (SSSR count). The van der Waals surface area contributed by atoms with Crippen LogP contribution in [-0.2, 0) is 13.6 Å². The molecule has 19 heavy (non-hydrogen) atoms. The molecule has 1 aromatic rings. The standard InChI is InChI=1S/C11H17Br2N2O3P/c1-3-17-19(16,18-4-2)11(15)8-5-7(12)6-9(13)10(8)14/h5-6,11H,3-4,14-15H2,1-2H3/t11-/m0/s1. The van der Waals surface area contributed by atoms with Gasteiger partial charge in [-0.25, -0.2) is 0 Å². The molecule has 0 saturated heterocycles. The van der Waals surface area contributed by atoms with Crippen LogP contribution < -0.4 is 11.5 Å². The molecule has 0 fully saturated rings. The molecular weight excluding hydrogens is 399 g/mol. The van der Waals surface area contributed by atoms with E-state index >= 15 is 0 Å². The first-order valence-electron chi connectivity index (χ1n) is 5.74. The van der Waals surface area contributed by atoms with Crippen LogP contribution >= 0.6 is 39.5 Å². The zero-order valence-corrected chi connectivity index (χ0v) is 14.8. The molecule has 5 nitrogen and oxygen atoms in total. The van der Waals surface area contributed by atoms with E-state index in [0.717, 1.165) is 4.47 Å². The van der Waals surface area contributed by atoms with Crippen molar-refractivity contribution >= 4 is 45.1 Å². The highest BCUT2D eigenvalue weighted by atomic mass is 79.9. The fourth-order valence-corrected chi connectivity index (χ4v) is 4.51. The maximum absolute atomic E-state index is 12.6. The molecule has 0 saturated carbocycles. The van der Waals surface area contributed by atoms with E-state index in [-0.39, 0.29) is 13.2 Å². The van der Waals surface area contributed by atoms with Crippen LogP contribution in [-0.4, -0.2) is 13.2 Å². The Kier molecular flexibility index (Phi) is 6.50. The monoisotopic (exact) mass is 414 g/mol. The van der Waals surface area contributed by atoms with E-state index in [1.807, 2.05) is 0 Å². The second kappa shape index (κ2) is 7.20. The first-order chi connectivity index (χ1) is 8.85. The van der Waals surface area contributed by atoms with E-state index in [9.17, 15) is 4.57 Å². The number of hydrogen-bond donors (Lipinski definition) is 2. The Labute approximate surface area is 129 Å². The molecule has 108 valence electrons. The van der Waals surface area contributed by atoms with E-state index in [2.05, 4.69) is 31.9 Å². The summed E-state index contributed by atoms with van der Waals surface area (Å²) in [4.78, 5) is 0. The highest BCUT2D eigenvalue weighted by Gasteiger charge is 2.35. The Bertz CT molecular complexity index is 489. The van der Waals surface area contributed by atoms with E-state index in [1.165, 1.54) is 0 Å². The Balaban J connectivity index is 3.24. The summed E-state index contributed by atoms with van der Waals surface area (Å²) in [6, 6.07) is 3.51. The van der Waals surface area contributed by atoms with Crippen LogP contribution in [0.2, 0.25) is 0 Å². The van der Waals surface area contributed by atoms with Crippen LogP contribution in [0.25, 0.3) is 0 Å². The second-order valence-corrected chi connectivity index (χ2v) is 7.63. The molecule has 0 aromatic heterocycles. The molecule has 0 amide bonds. The van der Waals surface area contributed by atoms with Gasteiger partial charge < -0.3 is 20.5 Å². The van der Waals surface area contributed by atoms with Gasteiger partial charge in [0.25, 0.3) is 0 Å². The predicted octanol–water partition coefficient (Wildman–Crippen LogP) is 4.02. The molecule has 0 bridgehead atoms. The minimum Gasteiger partial charge on any atom is -0.398 e. The van der Waals surface area contributed by atoms with Crippen molar-refractivity contribution in [3.05, 3.63) is 26.6 Å². The van der Waals surface area contributed by atoms with Gasteiger partial charge in [-0.15, -0.1) is 0 Å². The quantitative estimate of drug-likeness (QED) is 0.541. The lowest BCUT2D eigenvalue weighted by Gasteiger charge is -2.24. The lowest BCUT2D eigenvalue weighted by molar-refractivity contribution is 0.212. The van der Waals surface area contributed by atoms with Crippen LogP contribution in [0, 0.1) is 0 Å². The third-order valence-electron chi connectivity index (χ3n) is 2.40. The Morgan fingerprint density at radius 1 is 1.26 bits per heavy atom. The van der Waals surface area contributed by atoms with Crippen molar-refractivity contribution in [2.75, 3.05) is 18.9 Å². The predicted molar refractivity (Wildman–Crippen MR) is 84.0 cm³/mol. The Morgan fingerprint density at radius 2 is 1.79 bits per heavy atom. The third-order valence-corrected chi connectivity index (χ3v) is 5.71. The summed E-state index contributed by atoms with van der Waals surface area (Å²) in [6.07, 6.45) is 0. The van der Waals surface area contributed by atoms with Crippen molar-refractivity contribution in [2.45, 2.75) is 19.6 Å². The van der Waals surface area contributed by atoms with Gasteiger partial charge >= 0.3 is 7.60 Å². The highest BCUT2D eigenvalue weighted by molar-refractivity contribution is 9.11. The van der Waals surface area contributed by atoms with Gasteiger partial charge in [0.05, 0.1) is 18.9 Å². The molecule has 1 atom stereocenters. The lowest BCUT2D eigenvalue weighted by Crippen LogP contribution is -2.16. The van der Waals surface area contributed by atoms with Crippen LogP contribution in [0.3, 0.4) is 0 Å². The van der Waals surface area contributed by atoms with Gasteiger partial charge in [0.1, 0.15) is 5.78 Å². The second-order valence-electron chi connectivity index (χ2n) is 3.71. The first kappa shape index (κ1) is 17.1. The van der Waals surface area contributed by atoms with Gasteiger partial charge in [-0.1, -0.05) is 15.9 Å². The molecule has 0 unspecified atom stereocenters. The average molecular weight is 416 g/mol. The van der Waals surface area contributed by atoms with Gasteiger partial charge in [0.15, 0.2) is 0 Å². The summed E-state index contributed by atoms with van der Waals surface area (Å²) < 4.78 is 24.6. The zero-order chi connectivity index (χ0) is 14.6. The fraction of sp³-hybridized carbons (Fsp3) is 0.455. The van der Waals surface area contributed by atoms with Crippen molar-refractivity contribution in [1.82, 2.24) is 0 Å². The lowest BCUT2D eigenvalue weighted by atomic mass is 10.2. The maximum atomic E-state index is 12.6. The molecule has 0 radical (unpaired) electrons. The summed E-state index contributed by atoms with van der Waals surface area (Å²) in [5.41, 5.74) is 13.0. The van der Waals surface area contributed by atoms with Crippen LogP contribution in [0.4, 0.5) is 5.69 Å². The van der Waals surface area contributed by atoms with Gasteiger partial charge in [0.2, 0.25) is 0 Å². The summed E-state index contributed by atoms with van der Waals surface area (Å²) >= 11 is 6.68. The summed E-state index contributed by atoms with van der Waals surface area (Å²) in [6.45, 7) is 3.97. The molecule has 8 heteroatoms. The van der Waals surface area contributed by atoms with Crippen LogP contribution in [0.1, 0.15) is 25.2 Å². The number of benzene rings is 1. The molecule has 0 aliphatic heterocycles. The number of nitrogens with two attached hydrogens (primary N) is 2. The molecule has 0 aliphatic carbocycles. The fourth-order valence-electron chi connectivity index (χ4n) is 1.58. The van der Waals surface area contributed by atoms with Crippen molar-refractivity contribution < 1.29 is 13.6 Å². The van der Waals surface area contributed by atoms with Crippen LogP contribution in [0.15, 0.2) is 21.1 Å². The SMILES string of the molecule is CCOP(=O)(OCC)[C@H](N)c1cc(Br)cc(Br)c1N. The number of nitrogen functional groups attached to an aromatic ring is 1. The van der Waals surface area contributed by atoms with Gasteiger partial charge in [0, 0.05) is 14.5 Å². The smallest absolute Gasteiger partial charge is 0.351 e. The van der Waals surface area contributed by atoms with E-state index < -0.39 is 13.4 Å². The minimum absolute atomic E-state index is 0.250. The highest BCUT2D eigenvalue weighted by Crippen LogP contribution is 2.59. The first-order valence-corrected chi connectivity index (χ1v) is 8.94. The Morgan fingerprint density at radius 3 is 2.26 bits per heavy atom. The van der Waals surface area contributed by atoms with E-state index in [4.69, 9.17) is 20.5 Å².